The summed E-state index contributed by atoms with van der Waals surface area (Å²) in [4.78, 5) is 2.52. The highest BCUT2D eigenvalue weighted by Gasteiger charge is 2.12. The Morgan fingerprint density at radius 1 is 1.22 bits per heavy atom. The van der Waals surface area contributed by atoms with Crippen molar-refractivity contribution in [3.8, 4) is 0 Å². The van der Waals surface area contributed by atoms with Crippen LogP contribution in [0.5, 0.6) is 0 Å². The largest absolute Gasteiger partial charge is 0.468 e. The van der Waals surface area contributed by atoms with Crippen molar-refractivity contribution >= 4 is 0 Å². The molecule has 0 saturated heterocycles. The maximum absolute atomic E-state index is 5.39. The van der Waals surface area contributed by atoms with Gasteiger partial charge in [-0.25, -0.2) is 0 Å². The van der Waals surface area contributed by atoms with Gasteiger partial charge in [0.25, 0.3) is 0 Å². The summed E-state index contributed by atoms with van der Waals surface area (Å²) in [5, 5.41) is 3.51. The zero-order chi connectivity index (χ0) is 13.5. The van der Waals surface area contributed by atoms with Crippen LogP contribution in [0.3, 0.4) is 0 Å². The van der Waals surface area contributed by atoms with Crippen LogP contribution in [0.15, 0.2) is 22.8 Å². The Balaban J connectivity index is 2.30. The molecule has 0 aromatic carbocycles. The minimum absolute atomic E-state index is 0.285. The fourth-order valence-electron chi connectivity index (χ4n) is 2.09. The second-order valence-corrected chi connectivity index (χ2v) is 5.67. The van der Waals surface area contributed by atoms with E-state index in [-0.39, 0.29) is 6.04 Å². The molecule has 0 amide bonds. The Labute approximate surface area is 112 Å². The standard InChI is InChI=1S/C15H28N2O/c1-12(2)11-17(13(3)4)9-8-16-14(5)15-7-6-10-18-15/h6-7,10,12-14,16H,8-9,11H2,1-5H3. The van der Waals surface area contributed by atoms with Crippen LogP contribution in [0.1, 0.15) is 46.4 Å². The van der Waals surface area contributed by atoms with Crippen LogP contribution in [0, 0.1) is 5.92 Å². The van der Waals surface area contributed by atoms with Crippen LogP contribution < -0.4 is 5.32 Å². The van der Waals surface area contributed by atoms with E-state index >= 15 is 0 Å². The maximum Gasteiger partial charge on any atom is 0.120 e. The van der Waals surface area contributed by atoms with Crippen LogP contribution in [-0.4, -0.2) is 30.6 Å². The first-order valence-corrected chi connectivity index (χ1v) is 7.01. The van der Waals surface area contributed by atoms with Gasteiger partial charge in [0.2, 0.25) is 0 Å². The molecule has 0 fully saturated rings. The second kappa shape index (κ2) is 7.59. The molecule has 18 heavy (non-hydrogen) atoms. The van der Waals surface area contributed by atoms with Crippen molar-refractivity contribution in [3.63, 3.8) is 0 Å². The first kappa shape index (κ1) is 15.3. The fraction of sp³-hybridized carbons (Fsp3) is 0.733. The van der Waals surface area contributed by atoms with E-state index in [9.17, 15) is 0 Å². The highest BCUT2D eigenvalue weighted by molar-refractivity contribution is 5.02. The first-order valence-electron chi connectivity index (χ1n) is 7.01. The highest BCUT2D eigenvalue weighted by atomic mass is 16.3. The van der Waals surface area contributed by atoms with Gasteiger partial charge in [0.05, 0.1) is 12.3 Å². The molecule has 0 aliphatic rings. The minimum atomic E-state index is 0.285. The summed E-state index contributed by atoms with van der Waals surface area (Å²) < 4.78 is 5.39. The van der Waals surface area contributed by atoms with E-state index in [1.807, 2.05) is 12.1 Å². The molecular weight excluding hydrogens is 224 g/mol. The maximum atomic E-state index is 5.39. The molecule has 0 bridgehead atoms. The molecule has 0 aliphatic carbocycles. The van der Waals surface area contributed by atoms with Crippen molar-refractivity contribution in [1.82, 2.24) is 10.2 Å². The summed E-state index contributed by atoms with van der Waals surface area (Å²) in [6, 6.07) is 4.85. The Morgan fingerprint density at radius 3 is 2.44 bits per heavy atom. The van der Waals surface area contributed by atoms with E-state index in [4.69, 9.17) is 4.42 Å². The molecule has 0 radical (unpaired) electrons. The molecule has 1 heterocycles. The summed E-state index contributed by atoms with van der Waals surface area (Å²) in [5.74, 6) is 1.73. The third kappa shape index (κ3) is 5.23. The molecule has 104 valence electrons. The van der Waals surface area contributed by atoms with Crippen molar-refractivity contribution in [2.75, 3.05) is 19.6 Å². The highest BCUT2D eigenvalue weighted by Crippen LogP contribution is 2.11. The Bertz CT molecular complexity index is 306. The fourth-order valence-corrected chi connectivity index (χ4v) is 2.09. The summed E-state index contributed by atoms with van der Waals surface area (Å²) in [6.45, 7) is 14.4. The van der Waals surface area contributed by atoms with Gasteiger partial charge >= 0.3 is 0 Å². The Kier molecular flexibility index (Phi) is 6.44. The Hall–Kier alpha value is -0.800. The number of nitrogens with zero attached hydrogens (tertiary/aromatic N) is 1. The normalized spacial score (nSPS) is 13.8. The molecule has 3 nitrogen and oxygen atoms in total. The number of hydrogen-bond acceptors (Lipinski definition) is 3. The number of rotatable bonds is 8. The summed E-state index contributed by atoms with van der Waals surface area (Å²) >= 11 is 0. The van der Waals surface area contributed by atoms with Crippen molar-refractivity contribution in [2.45, 2.75) is 46.7 Å². The second-order valence-electron chi connectivity index (χ2n) is 5.67. The van der Waals surface area contributed by atoms with Gasteiger partial charge in [-0.15, -0.1) is 0 Å². The van der Waals surface area contributed by atoms with Gasteiger partial charge in [-0.05, 0) is 38.8 Å². The third-order valence-corrected chi connectivity index (χ3v) is 3.15. The van der Waals surface area contributed by atoms with Crippen LogP contribution in [0.2, 0.25) is 0 Å². The zero-order valence-corrected chi connectivity index (χ0v) is 12.4. The average molecular weight is 252 g/mol. The molecule has 1 unspecified atom stereocenters. The smallest absolute Gasteiger partial charge is 0.120 e. The van der Waals surface area contributed by atoms with Gasteiger partial charge in [-0.3, -0.25) is 4.90 Å². The van der Waals surface area contributed by atoms with E-state index in [1.54, 1.807) is 6.26 Å². The van der Waals surface area contributed by atoms with Crippen LogP contribution in [-0.2, 0) is 0 Å². The first-order chi connectivity index (χ1) is 8.50. The molecule has 0 saturated carbocycles. The van der Waals surface area contributed by atoms with E-state index < -0.39 is 0 Å². The van der Waals surface area contributed by atoms with Gasteiger partial charge in [0.15, 0.2) is 0 Å². The van der Waals surface area contributed by atoms with Gasteiger partial charge in [0, 0.05) is 25.7 Å². The van der Waals surface area contributed by atoms with Crippen molar-refractivity contribution in [3.05, 3.63) is 24.2 Å². The van der Waals surface area contributed by atoms with Crippen molar-refractivity contribution < 1.29 is 4.42 Å². The number of nitrogens with one attached hydrogen (secondary N) is 1. The molecule has 1 rings (SSSR count). The molecule has 1 aromatic heterocycles. The zero-order valence-electron chi connectivity index (χ0n) is 12.4. The predicted molar refractivity (Wildman–Crippen MR) is 76.7 cm³/mol. The van der Waals surface area contributed by atoms with Gasteiger partial charge in [-0.2, -0.15) is 0 Å². The van der Waals surface area contributed by atoms with E-state index in [1.165, 1.54) is 0 Å². The summed E-state index contributed by atoms with van der Waals surface area (Å²) in [6.07, 6.45) is 1.73. The topological polar surface area (TPSA) is 28.4 Å². The Morgan fingerprint density at radius 2 is 1.94 bits per heavy atom. The predicted octanol–water partition coefficient (Wildman–Crippen LogP) is 3.30. The molecular formula is C15H28N2O. The van der Waals surface area contributed by atoms with Crippen molar-refractivity contribution in [1.29, 1.82) is 0 Å². The summed E-state index contributed by atoms with van der Waals surface area (Å²) in [7, 11) is 0. The number of hydrogen-bond donors (Lipinski definition) is 1. The van der Waals surface area contributed by atoms with E-state index in [0.29, 0.717) is 6.04 Å². The lowest BCUT2D eigenvalue weighted by Gasteiger charge is -2.28. The molecule has 1 atom stereocenters. The molecule has 1 aromatic rings. The van der Waals surface area contributed by atoms with Gasteiger partial charge in [-0.1, -0.05) is 13.8 Å². The monoisotopic (exact) mass is 252 g/mol. The van der Waals surface area contributed by atoms with Gasteiger partial charge < -0.3 is 9.73 Å². The van der Waals surface area contributed by atoms with Crippen LogP contribution in [0.25, 0.3) is 0 Å². The van der Waals surface area contributed by atoms with E-state index in [2.05, 4.69) is 44.8 Å². The molecule has 0 spiro atoms. The van der Waals surface area contributed by atoms with Crippen LogP contribution in [0.4, 0.5) is 0 Å². The van der Waals surface area contributed by atoms with Gasteiger partial charge in [0.1, 0.15) is 5.76 Å². The quantitative estimate of drug-likeness (QED) is 0.769. The lowest BCUT2D eigenvalue weighted by atomic mass is 10.2. The molecule has 3 heteroatoms. The number of furan rings is 1. The summed E-state index contributed by atoms with van der Waals surface area (Å²) in [5.41, 5.74) is 0. The molecule has 0 aliphatic heterocycles. The molecule has 1 N–H and O–H groups in total. The van der Waals surface area contributed by atoms with E-state index in [0.717, 1.165) is 31.3 Å². The lowest BCUT2D eigenvalue weighted by molar-refractivity contribution is 0.195. The lowest BCUT2D eigenvalue weighted by Crippen LogP contribution is -2.39. The van der Waals surface area contributed by atoms with Crippen molar-refractivity contribution in [2.24, 2.45) is 5.92 Å². The SMILES string of the molecule is CC(C)CN(CCNC(C)c1ccco1)C(C)C. The average Bonchev–Trinajstić information content (AvgIpc) is 2.80. The van der Waals surface area contributed by atoms with Crippen LogP contribution >= 0.6 is 0 Å². The third-order valence-electron chi connectivity index (χ3n) is 3.15. The minimum Gasteiger partial charge on any atom is -0.468 e.